The molecule has 0 aliphatic rings. The molecule has 0 fully saturated rings. The van der Waals surface area contributed by atoms with Crippen LogP contribution < -0.4 is 9.47 Å². The second-order valence-corrected chi connectivity index (χ2v) is 4.71. The van der Waals surface area contributed by atoms with E-state index < -0.39 is 5.97 Å². The highest BCUT2D eigenvalue weighted by molar-refractivity contribution is 9.10. The Morgan fingerprint density at radius 1 is 1.38 bits per heavy atom. The molecule has 0 aliphatic carbocycles. The maximum Gasteiger partial charge on any atom is 0.348 e. The second kappa shape index (κ2) is 8.32. The van der Waals surface area contributed by atoms with Crippen molar-refractivity contribution in [2.24, 2.45) is 0 Å². The molecule has 0 saturated heterocycles. The lowest BCUT2D eigenvalue weighted by atomic mass is 10.1. The molecule has 1 aromatic rings. The highest BCUT2D eigenvalue weighted by Crippen LogP contribution is 2.37. The smallest absolute Gasteiger partial charge is 0.348 e. The molecule has 1 rings (SSSR count). The second-order valence-electron chi connectivity index (χ2n) is 3.86. The van der Waals surface area contributed by atoms with E-state index in [-0.39, 0.29) is 12.2 Å². The normalized spacial score (nSPS) is 10.7. The number of nitrogens with zero attached hydrogens (tertiary/aromatic N) is 1. The third kappa shape index (κ3) is 4.50. The van der Waals surface area contributed by atoms with E-state index in [2.05, 4.69) is 15.9 Å². The molecule has 5 nitrogen and oxygen atoms in total. The number of esters is 1. The van der Waals surface area contributed by atoms with Crippen LogP contribution >= 0.6 is 15.9 Å². The predicted molar refractivity (Wildman–Crippen MR) is 82.1 cm³/mol. The van der Waals surface area contributed by atoms with Gasteiger partial charge in [-0.2, -0.15) is 5.26 Å². The standard InChI is InChI=1S/C15H16BrNO4/c1-4-20-13-8-10(7-12(16)14(13)19-3)6-11(9-17)15(18)21-5-2/h6-8H,4-5H2,1-3H3. The summed E-state index contributed by atoms with van der Waals surface area (Å²) in [6.07, 6.45) is 1.45. The Balaban J connectivity index is 3.24. The summed E-state index contributed by atoms with van der Waals surface area (Å²) in [7, 11) is 1.54. The fourth-order valence-electron chi connectivity index (χ4n) is 1.64. The summed E-state index contributed by atoms with van der Waals surface area (Å²) in [6.45, 7) is 4.23. The van der Waals surface area contributed by atoms with Gasteiger partial charge in [-0.3, -0.25) is 0 Å². The van der Waals surface area contributed by atoms with E-state index in [0.717, 1.165) is 0 Å². The number of benzene rings is 1. The fourth-order valence-corrected chi connectivity index (χ4v) is 2.27. The molecule has 0 N–H and O–H groups in total. The lowest BCUT2D eigenvalue weighted by molar-refractivity contribution is -0.137. The number of ether oxygens (including phenoxy) is 3. The molecule has 112 valence electrons. The van der Waals surface area contributed by atoms with E-state index in [9.17, 15) is 4.79 Å². The van der Waals surface area contributed by atoms with Gasteiger partial charge in [0.2, 0.25) is 0 Å². The zero-order valence-electron chi connectivity index (χ0n) is 12.1. The maximum atomic E-state index is 11.6. The van der Waals surface area contributed by atoms with Gasteiger partial charge in [-0.25, -0.2) is 4.79 Å². The highest BCUT2D eigenvalue weighted by atomic mass is 79.9. The van der Waals surface area contributed by atoms with Gasteiger partial charge in [0.1, 0.15) is 11.6 Å². The lowest BCUT2D eigenvalue weighted by Crippen LogP contribution is -2.06. The molecule has 0 spiro atoms. The van der Waals surface area contributed by atoms with Crippen molar-refractivity contribution in [1.29, 1.82) is 5.26 Å². The van der Waals surface area contributed by atoms with Gasteiger partial charge in [0.05, 0.1) is 24.8 Å². The zero-order chi connectivity index (χ0) is 15.8. The molecule has 21 heavy (non-hydrogen) atoms. The zero-order valence-corrected chi connectivity index (χ0v) is 13.7. The Morgan fingerprint density at radius 2 is 2.10 bits per heavy atom. The molecule has 0 bridgehead atoms. The Hall–Kier alpha value is -2.00. The number of methoxy groups -OCH3 is 1. The Labute approximate surface area is 132 Å². The first-order valence-electron chi connectivity index (χ1n) is 6.36. The van der Waals surface area contributed by atoms with E-state index in [1.54, 1.807) is 19.1 Å². The van der Waals surface area contributed by atoms with Crippen LogP contribution in [-0.4, -0.2) is 26.3 Å². The third-order valence-corrected chi connectivity index (χ3v) is 3.05. The first-order valence-corrected chi connectivity index (χ1v) is 7.15. The average Bonchev–Trinajstić information content (AvgIpc) is 2.45. The van der Waals surface area contributed by atoms with E-state index in [1.165, 1.54) is 13.2 Å². The summed E-state index contributed by atoms with van der Waals surface area (Å²) in [5.74, 6) is 0.440. The number of carbonyl (C=O) groups excluding carboxylic acids is 1. The lowest BCUT2D eigenvalue weighted by Gasteiger charge is -2.12. The minimum atomic E-state index is -0.648. The summed E-state index contributed by atoms with van der Waals surface area (Å²) in [6, 6.07) is 5.27. The van der Waals surface area contributed by atoms with Crippen molar-refractivity contribution in [3.05, 3.63) is 27.7 Å². The summed E-state index contributed by atoms with van der Waals surface area (Å²) < 4.78 is 16.2. The number of rotatable bonds is 6. The number of hydrogen-bond acceptors (Lipinski definition) is 5. The molecule has 0 atom stereocenters. The number of nitriles is 1. The molecule has 6 heteroatoms. The molecule has 0 aliphatic heterocycles. The molecular formula is C15H16BrNO4. The van der Waals surface area contributed by atoms with E-state index in [1.807, 2.05) is 13.0 Å². The largest absolute Gasteiger partial charge is 0.492 e. The van der Waals surface area contributed by atoms with Crippen LogP contribution in [0.4, 0.5) is 0 Å². The Morgan fingerprint density at radius 3 is 2.62 bits per heavy atom. The number of carbonyl (C=O) groups is 1. The molecular weight excluding hydrogens is 338 g/mol. The molecule has 0 unspecified atom stereocenters. The minimum Gasteiger partial charge on any atom is -0.492 e. The SMILES string of the molecule is CCOC(=O)C(C#N)=Cc1cc(Br)c(OC)c(OCC)c1. The van der Waals surface area contributed by atoms with Gasteiger partial charge in [0.25, 0.3) is 0 Å². The van der Waals surface area contributed by atoms with Gasteiger partial charge in [-0.05, 0) is 53.5 Å². The van der Waals surface area contributed by atoms with Gasteiger partial charge in [0.15, 0.2) is 11.5 Å². The van der Waals surface area contributed by atoms with Gasteiger partial charge in [-0.1, -0.05) is 0 Å². The Bertz CT molecular complexity index is 590. The van der Waals surface area contributed by atoms with Crippen LogP contribution in [-0.2, 0) is 9.53 Å². The Kier molecular flexibility index (Phi) is 6.76. The molecule has 0 amide bonds. The molecule has 0 aromatic heterocycles. The average molecular weight is 354 g/mol. The first kappa shape index (κ1) is 17.1. The van der Waals surface area contributed by atoms with E-state index in [4.69, 9.17) is 19.5 Å². The molecule has 1 aromatic carbocycles. The van der Waals surface area contributed by atoms with Crippen LogP contribution in [0.25, 0.3) is 6.08 Å². The first-order chi connectivity index (χ1) is 10.1. The van der Waals surface area contributed by atoms with Gasteiger partial charge < -0.3 is 14.2 Å². The monoisotopic (exact) mass is 353 g/mol. The summed E-state index contributed by atoms with van der Waals surface area (Å²) in [5, 5.41) is 9.04. The van der Waals surface area contributed by atoms with Gasteiger partial charge >= 0.3 is 5.97 Å². The molecule has 0 radical (unpaired) electrons. The van der Waals surface area contributed by atoms with Crippen LogP contribution in [0.2, 0.25) is 0 Å². The van der Waals surface area contributed by atoms with Crippen molar-refractivity contribution >= 4 is 28.0 Å². The van der Waals surface area contributed by atoms with Crippen molar-refractivity contribution in [3.63, 3.8) is 0 Å². The van der Waals surface area contributed by atoms with Crippen LogP contribution in [0.5, 0.6) is 11.5 Å². The van der Waals surface area contributed by atoms with E-state index in [0.29, 0.717) is 28.1 Å². The molecule has 0 saturated carbocycles. The van der Waals surface area contributed by atoms with Crippen molar-refractivity contribution < 1.29 is 19.0 Å². The van der Waals surface area contributed by atoms with Gasteiger partial charge in [-0.15, -0.1) is 0 Å². The summed E-state index contributed by atoms with van der Waals surface area (Å²) >= 11 is 3.37. The van der Waals surface area contributed by atoms with Gasteiger partial charge in [0, 0.05) is 0 Å². The quantitative estimate of drug-likeness (QED) is 0.445. The minimum absolute atomic E-state index is 0.0728. The predicted octanol–water partition coefficient (Wildman–Crippen LogP) is 3.33. The van der Waals surface area contributed by atoms with Crippen LogP contribution in [0.15, 0.2) is 22.2 Å². The summed E-state index contributed by atoms with van der Waals surface area (Å²) in [4.78, 5) is 11.6. The fraction of sp³-hybridized carbons (Fsp3) is 0.333. The van der Waals surface area contributed by atoms with E-state index >= 15 is 0 Å². The number of halogens is 1. The number of hydrogen-bond donors (Lipinski definition) is 0. The third-order valence-electron chi connectivity index (χ3n) is 2.46. The van der Waals surface area contributed by atoms with Crippen molar-refractivity contribution in [3.8, 4) is 17.6 Å². The molecule has 0 heterocycles. The topological polar surface area (TPSA) is 68.6 Å². The van der Waals surface area contributed by atoms with Crippen molar-refractivity contribution in [2.75, 3.05) is 20.3 Å². The van der Waals surface area contributed by atoms with Crippen LogP contribution in [0.1, 0.15) is 19.4 Å². The van der Waals surface area contributed by atoms with Crippen LogP contribution in [0.3, 0.4) is 0 Å². The highest BCUT2D eigenvalue weighted by Gasteiger charge is 2.13. The maximum absolute atomic E-state index is 11.6. The van der Waals surface area contributed by atoms with Crippen molar-refractivity contribution in [2.45, 2.75) is 13.8 Å². The van der Waals surface area contributed by atoms with Crippen molar-refractivity contribution in [1.82, 2.24) is 0 Å². The summed E-state index contributed by atoms with van der Waals surface area (Å²) in [5.41, 5.74) is 0.562. The van der Waals surface area contributed by atoms with Crippen LogP contribution in [0, 0.1) is 11.3 Å².